The lowest BCUT2D eigenvalue weighted by atomic mass is 9.96. The molecule has 0 unspecified atom stereocenters. The Hall–Kier alpha value is -2.59. The van der Waals surface area contributed by atoms with Gasteiger partial charge in [-0.15, -0.1) is 0 Å². The molecule has 1 aromatic heterocycles. The lowest BCUT2D eigenvalue weighted by Crippen LogP contribution is -2.63. The summed E-state index contributed by atoms with van der Waals surface area (Å²) in [5.41, 5.74) is 1.09. The van der Waals surface area contributed by atoms with Gasteiger partial charge >= 0.3 is 6.09 Å². The van der Waals surface area contributed by atoms with Gasteiger partial charge in [0, 0.05) is 25.0 Å². The first-order valence-electron chi connectivity index (χ1n) is 12.0. The van der Waals surface area contributed by atoms with E-state index in [0.29, 0.717) is 42.1 Å². The lowest BCUT2D eigenvalue weighted by molar-refractivity contribution is 0.0221. The van der Waals surface area contributed by atoms with E-state index in [1.165, 1.54) is 0 Å². The number of halogens is 3. The van der Waals surface area contributed by atoms with Gasteiger partial charge in [0.1, 0.15) is 35.1 Å². The van der Waals surface area contributed by atoms with Gasteiger partial charge in [-0.05, 0) is 56.9 Å². The molecule has 0 N–H and O–H groups in total. The van der Waals surface area contributed by atoms with E-state index in [1.54, 1.807) is 11.0 Å². The van der Waals surface area contributed by atoms with Gasteiger partial charge in [-0.1, -0.05) is 11.6 Å². The summed E-state index contributed by atoms with van der Waals surface area (Å²) in [5, 5.41) is 0.709. The molecule has 0 saturated carbocycles. The fraction of sp³-hybridized carbons (Fsp3) is 0.520. The molecule has 3 aliphatic heterocycles. The summed E-state index contributed by atoms with van der Waals surface area (Å²) < 4.78 is 27.2. The molecular weight excluding hydrogens is 569 g/mol. The Kier molecular flexibility index (Phi) is 6.55. The number of piperazine rings is 1. The molecular formula is C25H28BrClFN5O4. The first kappa shape index (κ1) is 26.0. The SMILES string of the molecule is CN(C)C[C@H]1COc2nc3c(F)c(Br)c(Cl)cc3c3c2N1C(=C=O)[C@H]1CN(C(=O)OC(C)(C)C)CCN31. The predicted octanol–water partition coefficient (Wildman–Crippen LogP) is 4.07. The Morgan fingerprint density at radius 3 is 2.73 bits per heavy atom. The van der Waals surface area contributed by atoms with E-state index >= 15 is 4.39 Å². The van der Waals surface area contributed by atoms with Crippen molar-refractivity contribution in [3.8, 4) is 5.88 Å². The number of rotatable bonds is 2. The van der Waals surface area contributed by atoms with Gasteiger partial charge < -0.3 is 29.1 Å². The molecule has 4 heterocycles. The number of carbonyl (C=O) groups is 1. The summed E-state index contributed by atoms with van der Waals surface area (Å²) in [4.78, 5) is 37.5. The lowest BCUT2D eigenvalue weighted by Gasteiger charge is -2.52. The summed E-state index contributed by atoms with van der Waals surface area (Å²) in [7, 11) is 3.88. The number of aromatic nitrogens is 1. The number of anilines is 2. The largest absolute Gasteiger partial charge is 0.474 e. The molecule has 0 bridgehead atoms. The second-order valence-electron chi connectivity index (χ2n) is 10.7. The number of hydrogen-bond donors (Lipinski definition) is 0. The summed E-state index contributed by atoms with van der Waals surface area (Å²) in [5.74, 6) is 1.81. The van der Waals surface area contributed by atoms with Gasteiger partial charge in [0.05, 0.1) is 33.8 Å². The average molecular weight is 597 g/mol. The molecule has 2 atom stereocenters. The van der Waals surface area contributed by atoms with Crippen LogP contribution in [0.4, 0.5) is 20.6 Å². The Balaban J connectivity index is 1.71. The van der Waals surface area contributed by atoms with Crippen molar-refractivity contribution in [1.29, 1.82) is 0 Å². The van der Waals surface area contributed by atoms with Crippen molar-refractivity contribution < 1.29 is 23.5 Å². The van der Waals surface area contributed by atoms with Crippen LogP contribution in [-0.4, -0.2) is 91.4 Å². The standard InChI is InChI=1S/C25H28BrClFN5O4/c1-25(2,3)37-24(35)31-6-7-32-16(10-31)17(11-34)33-13(9-30(4)5)12-36-23-22(33)21(32)14-8-15(27)18(26)19(28)20(14)29-23/h8,13,16H,6-7,9-10,12H2,1-5H3/t13-,16+/m0/s1. The molecule has 1 saturated heterocycles. The number of likely N-dealkylation sites (N-methyl/N-ethyl adjacent to an activating group) is 1. The molecule has 1 aromatic carbocycles. The molecule has 37 heavy (non-hydrogen) atoms. The van der Waals surface area contributed by atoms with Gasteiger partial charge in [0.15, 0.2) is 5.82 Å². The maximum Gasteiger partial charge on any atom is 0.410 e. The van der Waals surface area contributed by atoms with Crippen molar-refractivity contribution in [3.05, 3.63) is 27.1 Å². The highest BCUT2D eigenvalue weighted by Crippen LogP contribution is 2.53. The third-order valence-electron chi connectivity index (χ3n) is 6.63. The first-order valence-corrected chi connectivity index (χ1v) is 13.2. The highest BCUT2D eigenvalue weighted by molar-refractivity contribution is 9.10. The topological polar surface area (TPSA) is 78.5 Å². The molecule has 2 aromatic rings. The normalized spacial score (nSPS) is 21.0. The van der Waals surface area contributed by atoms with Crippen molar-refractivity contribution in [1.82, 2.24) is 14.8 Å². The first-order chi connectivity index (χ1) is 17.4. The molecule has 1 amide bonds. The van der Waals surface area contributed by atoms with Crippen LogP contribution in [0.2, 0.25) is 5.02 Å². The van der Waals surface area contributed by atoms with Crippen LogP contribution in [0.1, 0.15) is 20.8 Å². The molecule has 9 nitrogen and oxygen atoms in total. The predicted molar refractivity (Wildman–Crippen MR) is 143 cm³/mol. The highest BCUT2D eigenvalue weighted by atomic mass is 79.9. The number of carbonyl (C=O) groups excluding carboxylic acids is 2. The summed E-state index contributed by atoms with van der Waals surface area (Å²) in [6.07, 6.45) is -0.451. The summed E-state index contributed by atoms with van der Waals surface area (Å²) >= 11 is 9.60. The van der Waals surface area contributed by atoms with Crippen LogP contribution in [0, 0.1) is 5.82 Å². The number of benzene rings is 1. The highest BCUT2D eigenvalue weighted by Gasteiger charge is 2.48. The third kappa shape index (κ3) is 4.41. The fourth-order valence-electron chi connectivity index (χ4n) is 5.23. The van der Waals surface area contributed by atoms with E-state index in [0.717, 1.165) is 0 Å². The quantitative estimate of drug-likeness (QED) is 0.379. The van der Waals surface area contributed by atoms with Crippen molar-refractivity contribution in [2.45, 2.75) is 38.5 Å². The Morgan fingerprint density at radius 2 is 2.08 bits per heavy atom. The van der Waals surface area contributed by atoms with Crippen molar-refractivity contribution >= 4 is 61.8 Å². The second-order valence-corrected chi connectivity index (χ2v) is 11.9. The summed E-state index contributed by atoms with van der Waals surface area (Å²) in [6.45, 7) is 7.19. The molecule has 1 fully saturated rings. The van der Waals surface area contributed by atoms with Crippen LogP contribution in [0.5, 0.6) is 5.88 Å². The van der Waals surface area contributed by atoms with Gasteiger partial charge in [-0.2, -0.15) is 0 Å². The van der Waals surface area contributed by atoms with Crippen LogP contribution in [0.25, 0.3) is 10.9 Å². The van der Waals surface area contributed by atoms with Gasteiger partial charge in [-0.3, -0.25) is 0 Å². The van der Waals surface area contributed by atoms with Crippen LogP contribution >= 0.6 is 27.5 Å². The molecule has 198 valence electrons. The third-order valence-corrected chi connectivity index (χ3v) is 7.93. The minimum absolute atomic E-state index is 0.114. The van der Waals surface area contributed by atoms with E-state index in [1.807, 2.05) is 49.6 Å². The molecule has 0 radical (unpaired) electrons. The van der Waals surface area contributed by atoms with Crippen molar-refractivity contribution in [3.63, 3.8) is 0 Å². The zero-order valence-electron chi connectivity index (χ0n) is 21.3. The van der Waals surface area contributed by atoms with Gasteiger partial charge in [0.25, 0.3) is 0 Å². The van der Waals surface area contributed by atoms with Crippen molar-refractivity contribution in [2.24, 2.45) is 0 Å². The smallest absolute Gasteiger partial charge is 0.410 e. The Morgan fingerprint density at radius 1 is 1.35 bits per heavy atom. The molecule has 0 spiro atoms. The average Bonchev–Trinajstić information content (AvgIpc) is 2.82. The van der Waals surface area contributed by atoms with Crippen LogP contribution in [0.15, 0.2) is 16.2 Å². The number of fused-ring (bicyclic) bond motifs is 4. The number of hydrogen-bond acceptors (Lipinski definition) is 8. The van der Waals surface area contributed by atoms with Crippen molar-refractivity contribution in [2.75, 3.05) is 56.7 Å². The number of ether oxygens (including phenoxy) is 2. The fourth-order valence-corrected chi connectivity index (χ4v) is 5.72. The Bertz CT molecular complexity index is 1340. The molecule has 12 heteroatoms. The zero-order chi connectivity index (χ0) is 26.8. The minimum atomic E-state index is -0.657. The molecule has 0 aliphatic carbocycles. The number of nitrogens with zero attached hydrogens (tertiary/aromatic N) is 5. The number of pyridine rings is 1. The van der Waals surface area contributed by atoms with Gasteiger partial charge in [0.2, 0.25) is 5.88 Å². The minimum Gasteiger partial charge on any atom is -0.474 e. The van der Waals surface area contributed by atoms with E-state index < -0.39 is 23.6 Å². The van der Waals surface area contributed by atoms with E-state index in [9.17, 15) is 9.59 Å². The molecule has 5 rings (SSSR count). The Labute approximate surface area is 227 Å². The van der Waals surface area contributed by atoms with E-state index in [4.69, 9.17) is 21.1 Å². The van der Waals surface area contributed by atoms with Crippen LogP contribution < -0.4 is 14.5 Å². The van der Waals surface area contributed by atoms with Gasteiger partial charge in [-0.25, -0.2) is 19.0 Å². The second kappa shape index (κ2) is 9.31. The van der Waals surface area contributed by atoms with E-state index in [-0.39, 0.29) is 40.1 Å². The number of amides is 1. The monoisotopic (exact) mass is 595 g/mol. The maximum atomic E-state index is 15.4. The zero-order valence-corrected chi connectivity index (χ0v) is 23.6. The summed E-state index contributed by atoms with van der Waals surface area (Å²) in [6, 6.07) is 0.914. The van der Waals surface area contributed by atoms with E-state index in [2.05, 4.69) is 26.9 Å². The van der Waals surface area contributed by atoms with Crippen LogP contribution in [-0.2, 0) is 9.53 Å². The maximum absolute atomic E-state index is 15.4. The molecule has 3 aliphatic rings. The van der Waals surface area contributed by atoms with Crippen LogP contribution in [0.3, 0.4) is 0 Å².